The maximum absolute atomic E-state index is 9.08. The van der Waals surface area contributed by atoms with Gasteiger partial charge in [-0.25, -0.2) is 4.98 Å². The first-order chi connectivity index (χ1) is 8.29. The number of nitrogens with zero attached hydrogens (tertiary/aromatic N) is 4. The third-order valence-corrected chi connectivity index (χ3v) is 3.33. The molecule has 92 valence electrons. The van der Waals surface area contributed by atoms with Crippen LogP contribution in [0.1, 0.15) is 10.7 Å². The van der Waals surface area contributed by atoms with E-state index in [1.165, 1.54) is 0 Å². The Morgan fingerprint density at radius 2 is 2.29 bits per heavy atom. The highest BCUT2D eigenvalue weighted by atomic mass is 32.1. The lowest BCUT2D eigenvalue weighted by molar-refractivity contribution is 0.181. The van der Waals surface area contributed by atoms with Crippen molar-refractivity contribution >= 4 is 11.3 Å². The number of thiazole rings is 1. The molecule has 0 aliphatic carbocycles. The standard InChI is InChI=1S/C11H16N4OS/c1-14-10(2-3-13-14)8-15(5-6-16)9-11-12-4-7-17-11/h2-4,7,16H,5-6,8-9H2,1H3. The Morgan fingerprint density at radius 3 is 2.88 bits per heavy atom. The van der Waals surface area contributed by atoms with E-state index in [-0.39, 0.29) is 6.61 Å². The molecule has 2 heterocycles. The van der Waals surface area contributed by atoms with Gasteiger partial charge in [-0.15, -0.1) is 11.3 Å². The molecule has 0 radical (unpaired) electrons. The van der Waals surface area contributed by atoms with E-state index in [0.717, 1.165) is 23.8 Å². The Morgan fingerprint density at radius 1 is 1.41 bits per heavy atom. The van der Waals surface area contributed by atoms with Gasteiger partial charge in [0.1, 0.15) is 5.01 Å². The summed E-state index contributed by atoms with van der Waals surface area (Å²) < 4.78 is 1.85. The van der Waals surface area contributed by atoms with E-state index in [2.05, 4.69) is 15.0 Å². The van der Waals surface area contributed by atoms with E-state index in [1.807, 2.05) is 23.2 Å². The Bertz CT molecular complexity index is 440. The van der Waals surface area contributed by atoms with Gasteiger partial charge in [-0.2, -0.15) is 5.10 Å². The fourth-order valence-corrected chi connectivity index (χ4v) is 2.32. The summed E-state index contributed by atoms with van der Waals surface area (Å²) in [7, 11) is 1.93. The third kappa shape index (κ3) is 3.36. The molecule has 2 aromatic rings. The fourth-order valence-electron chi connectivity index (χ4n) is 1.66. The molecule has 0 amide bonds. The Labute approximate surface area is 104 Å². The zero-order valence-corrected chi connectivity index (χ0v) is 10.6. The van der Waals surface area contributed by atoms with Crippen LogP contribution in [0.5, 0.6) is 0 Å². The summed E-state index contributed by atoms with van der Waals surface area (Å²) in [5, 5.41) is 16.3. The summed E-state index contributed by atoms with van der Waals surface area (Å²) >= 11 is 1.64. The Kier molecular flexibility index (Phi) is 4.24. The minimum absolute atomic E-state index is 0.156. The van der Waals surface area contributed by atoms with Crippen LogP contribution in [-0.2, 0) is 20.1 Å². The molecule has 1 N–H and O–H groups in total. The second-order valence-corrected chi connectivity index (χ2v) is 4.79. The number of aliphatic hydroxyl groups is 1. The highest BCUT2D eigenvalue weighted by Crippen LogP contribution is 2.11. The molecule has 0 saturated carbocycles. The molecule has 2 aromatic heterocycles. The van der Waals surface area contributed by atoms with Crippen LogP contribution in [0, 0.1) is 0 Å². The average molecular weight is 252 g/mol. The largest absolute Gasteiger partial charge is 0.395 e. The van der Waals surface area contributed by atoms with Crippen molar-refractivity contribution in [2.75, 3.05) is 13.2 Å². The smallest absolute Gasteiger partial charge is 0.107 e. The van der Waals surface area contributed by atoms with Crippen LogP contribution in [0.3, 0.4) is 0 Å². The topological polar surface area (TPSA) is 54.2 Å². The van der Waals surface area contributed by atoms with Crippen molar-refractivity contribution in [1.29, 1.82) is 0 Å². The minimum Gasteiger partial charge on any atom is -0.395 e. The normalized spacial score (nSPS) is 11.2. The average Bonchev–Trinajstić information content (AvgIpc) is 2.92. The van der Waals surface area contributed by atoms with Crippen LogP contribution in [0.25, 0.3) is 0 Å². The summed E-state index contributed by atoms with van der Waals surface area (Å²) in [6, 6.07) is 1.99. The lowest BCUT2D eigenvalue weighted by atomic mass is 10.3. The monoisotopic (exact) mass is 252 g/mol. The molecule has 2 rings (SSSR count). The quantitative estimate of drug-likeness (QED) is 0.829. The van der Waals surface area contributed by atoms with Gasteiger partial charge in [-0.05, 0) is 6.07 Å². The van der Waals surface area contributed by atoms with Crippen LogP contribution in [-0.4, -0.2) is 37.9 Å². The van der Waals surface area contributed by atoms with Crippen LogP contribution in [0.15, 0.2) is 23.8 Å². The van der Waals surface area contributed by atoms with Gasteiger partial charge in [-0.3, -0.25) is 9.58 Å². The summed E-state index contributed by atoms with van der Waals surface area (Å²) in [6.07, 6.45) is 3.59. The number of aromatic nitrogens is 3. The van der Waals surface area contributed by atoms with Crippen molar-refractivity contribution in [3.8, 4) is 0 Å². The highest BCUT2D eigenvalue weighted by molar-refractivity contribution is 7.09. The van der Waals surface area contributed by atoms with Crippen molar-refractivity contribution in [1.82, 2.24) is 19.7 Å². The second kappa shape index (κ2) is 5.90. The molecule has 0 saturated heterocycles. The maximum atomic E-state index is 9.08. The summed E-state index contributed by atoms with van der Waals surface area (Å²) in [5.41, 5.74) is 1.13. The first-order valence-electron chi connectivity index (χ1n) is 5.48. The van der Waals surface area contributed by atoms with Gasteiger partial charge < -0.3 is 5.11 Å². The van der Waals surface area contributed by atoms with E-state index in [1.54, 1.807) is 23.7 Å². The Balaban J connectivity index is 2.00. The van der Waals surface area contributed by atoms with E-state index < -0.39 is 0 Å². The maximum Gasteiger partial charge on any atom is 0.107 e. The predicted molar refractivity (Wildman–Crippen MR) is 66.5 cm³/mol. The summed E-state index contributed by atoms with van der Waals surface area (Å²) in [6.45, 7) is 2.34. The molecule has 0 atom stereocenters. The fraction of sp³-hybridized carbons (Fsp3) is 0.455. The lowest BCUT2D eigenvalue weighted by Gasteiger charge is -2.19. The highest BCUT2D eigenvalue weighted by Gasteiger charge is 2.10. The summed E-state index contributed by atoms with van der Waals surface area (Å²) in [5.74, 6) is 0. The van der Waals surface area contributed by atoms with Gasteiger partial charge in [0, 0.05) is 37.9 Å². The van der Waals surface area contributed by atoms with Crippen LogP contribution in [0.2, 0.25) is 0 Å². The van der Waals surface area contributed by atoms with Crippen molar-refractivity contribution in [2.45, 2.75) is 13.1 Å². The minimum atomic E-state index is 0.156. The second-order valence-electron chi connectivity index (χ2n) is 3.81. The SMILES string of the molecule is Cn1nccc1CN(CCO)Cc1nccs1. The molecular weight excluding hydrogens is 236 g/mol. The predicted octanol–water partition coefficient (Wildman–Crippen LogP) is 0.871. The van der Waals surface area contributed by atoms with Crippen LogP contribution in [0.4, 0.5) is 0 Å². The molecule has 0 fully saturated rings. The van der Waals surface area contributed by atoms with Crippen molar-refractivity contribution in [3.05, 3.63) is 34.5 Å². The van der Waals surface area contributed by atoms with E-state index >= 15 is 0 Å². The third-order valence-electron chi connectivity index (χ3n) is 2.57. The van der Waals surface area contributed by atoms with Gasteiger partial charge in [0.25, 0.3) is 0 Å². The van der Waals surface area contributed by atoms with Crippen LogP contribution < -0.4 is 0 Å². The zero-order valence-electron chi connectivity index (χ0n) is 9.78. The van der Waals surface area contributed by atoms with Gasteiger partial charge in [0.15, 0.2) is 0 Å². The molecule has 0 spiro atoms. The Hall–Kier alpha value is -1.24. The first kappa shape index (κ1) is 12.2. The van der Waals surface area contributed by atoms with Gasteiger partial charge >= 0.3 is 0 Å². The molecule has 0 unspecified atom stereocenters. The van der Waals surface area contributed by atoms with Crippen LogP contribution >= 0.6 is 11.3 Å². The molecule has 5 nitrogen and oxygen atoms in total. The number of aryl methyl sites for hydroxylation is 1. The van der Waals surface area contributed by atoms with E-state index in [0.29, 0.717) is 6.54 Å². The molecular formula is C11H16N4OS. The number of hydrogen-bond acceptors (Lipinski definition) is 5. The number of aliphatic hydroxyl groups excluding tert-OH is 1. The molecule has 0 bridgehead atoms. The van der Waals surface area contributed by atoms with Crippen molar-refractivity contribution in [2.24, 2.45) is 7.05 Å². The summed E-state index contributed by atoms with van der Waals surface area (Å²) in [4.78, 5) is 6.43. The molecule has 0 aliphatic heterocycles. The van der Waals surface area contributed by atoms with Crippen molar-refractivity contribution in [3.63, 3.8) is 0 Å². The molecule has 0 aromatic carbocycles. The van der Waals surface area contributed by atoms with Gasteiger partial charge in [0.2, 0.25) is 0 Å². The van der Waals surface area contributed by atoms with Gasteiger partial charge in [-0.1, -0.05) is 0 Å². The first-order valence-corrected chi connectivity index (χ1v) is 6.36. The molecule has 6 heteroatoms. The lowest BCUT2D eigenvalue weighted by Crippen LogP contribution is -2.27. The van der Waals surface area contributed by atoms with E-state index in [9.17, 15) is 0 Å². The number of rotatable bonds is 6. The molecule has 0 aliphatic rings. The molecule has 17 heavy (non-hydrogen) atoms. The van der Waals surface area contributed by atoms with Crippen molar-refractivity contribution < 1.29 is 5.11 Å². The van der Waals surface area contributed by atoms with E-state index in [4.69, 9.17) is 5.11 Å². The van der Waals surface area contributed by atoms with Gasteiger partial charge in [0.05, 0.1) is 18.8 Å². The zero-order chi connectivity index (χ0) is 12.1. The number of hydrogen-bond donors (Lipinski definition) is 1.